The fourth-order valence-electron chi connectivity index (χ4n) is 2.10. The number of Topliss-reactive ketones (excluding diaryl/α,β-unsaturated/α-hetero) is 1. The topological polar surface area (TPSA) is 66.4 Å². The fraction of sp³-hybridized carbons (Fsp3) is 0.231. The molecule has 1 amide bonds. The van der Waals surface area contributed by atoms with Crippen LogP contribution in [0, 0.1) is 0 Å². The Morgan fingerprint density at radius 3 is 2.41 bits per heavy atom. The van der Waals surface area contributed by atoms with Crippen molar-refractivity contribution in [2.45, 2.75) is 19.6 Å². The maximum absolute atomic E-state index is 11.8. The molecule has 2 rings (SSSR count). The number of nitrogens with one attached hydrogen (secondary N) is 1. The molecule has 0 radical (unpaired) electrons. The van der Waals surface area contributed by atoms with E-state index in [-0.39, 0.29) is 16.9 Å². The molecule has 4 heteroatoms. The molecule has 4 nitrogen and oxygen atoms in total. The van der Waals surface area contributed by atoms with Crippen LogP contribution in [0.4, 0.5) is 0 Å². The lowest BCUT2D eigenvalue weighted by Gasteiger charge is -2.19. The van der Waals surface area contributed by atoms with Gasteiger partial charge in [-0.1, -0.05) is 30.3 Å². The highest BCUT2D eigenvalue weighted by atomic mass is 16.3. The van der Waals surface area contributed by atoms with Gasteiger partial charge in [0.1, 0.15) is 0 Å². The van der Waals surface area contributed by atoms with E-state index in [1.165, 1.54) is 13.8 Å². The van der Waals surface area contributed by atoms with Crippen molar-refractivity contribution in [3.8, 4) is 0 Å². The molecule has 0 saturated heterocycles. The summed E-state index contributed by atoms with van der Waals surface area (Å²) < 4.78 is 0. The molecule has 0 bridgehead atoms. The van der Waals surface area contributed by atoms with Crippen LogP contribution < -0.4 is 5.32 Å². The quantitative estimate of drug-likeness (QED) is 0.793. The maximum Gasteiger partial charge on any atom is 0.254 e. The molecule has 1 aromatic carbocycles. The Hall–Kier alpha value is -1.94. The minimum absolute atomic E-state index is 0.119. The number of carbonyl (C=O) groups excluding carboxylic acids is 2. The maximum atomic E-state index is 11.8. The molecule has 0 saturated carbocycles. The van der Waals surface area contributed by atoms with E-state index in [0.29, 0.717) is 5.56 Å². The minimum Gasteiger partial charge on any atom is -0.367 e. The van der Waals surface area contributed by atoms with Crippen molar-refractivity contribution in [2.24, 2.45) is 0 Å². The second-order valence-electron chi connectivity index (χ2n) is 4.20. The molecule has 1 aliphatic heterocycles. The van der Waals surface area contributed by atoms with Crippen LogP contribution in [0.2, 0.25) is 0 Å². The van der Waals surface area contributed by atoms with Crippen LogP contribution in [0.1, 0.15) is 19.4 Å². The Morgan fingerprint density at radius 2 is 1.88 bits per heavy atom. The molecule has 0 fully saturated rings. The van der Waals surface area contributed by atoms with Crippen molar-refractivity contribution in [2.75, 3.05) is 0 Å². The minimum atomic E-state index is -1.59. The van der Waals surface area contributed by atoms with E-state index in [1.54, 1.807) is 24.3 Å². The molecule has 88 valence electrons. The lowest BCUT2D eigenvalue weighted by Crippen LogP contribution is -2.42. The molecular formula is C13H13NO3. The van der Waals surface area contributed by atoms with Crippen LogP contribution in [0.25, 0.3) is 5.57 Å². The van der Waals surface area contributed by atoms with Crippen molar-refractivity contribution >= 4 is 17.3 Å². The predicted octanol–water partition coefficient (Wildman–Crippen LogP) is 0.867. The molecule has 17 heavy (non-hydrogen) atoms. The van der Waals surface area contributed by atoms with Crippen molar-refractivity contribution in [1.29, 1.82) is 0 Å². The van der Waals surface area contributed by atoms with Gasteiger partial charge in [0.25, 0.3) is 5.91 Å². The van der Waals surface area contributed by atoms with Gasteiger partial charge >= 0.3 is 0 Å². The Morgan fingerprint density at radius 1 is 1.29 bits per heavy atom. The molecular weight excluding hydrogens is 218 g/mol. The first kappa shape index (κ1) is 11.5. The smallest absolute Gasteiger partial charge is 0.254 e. The van der Waals surface area contributed by atoms with E-state index in [0.717, 1.165) is 0 Å². The van der Waals surface area contributed by atoms with Gasteiger partial charge in [0, 0.05) is 0 Å². The van der Waals surface area contributed by atoms with Crippen LogP contribution in [0.15, 0.2) is 35.9 Å². The second-order valence-corrected chi connectivity index (χ2v) is 4.20. The Labute approximate surface area is 99.0 Å². The molecule has 1 unspecified atom stereocenters. The van der Waals surface area contributed by atoms with E-state index in [9.17, 15) is 14.7 Å². The van der Waals surface area contributed by atoms with Crippen LogP contribution in [0.3, 0.4) is 0 Å². The Balaban J connectivity index is 2.66. The van der Waals surface area contributed by atoms with Gasteiger partial charge in [-0.2, -0.15) is 0 Å². The average molecular weight is 231 g/mol. The number of hydrogen-bond acceptors (Lipinski definition) is 3. The number of benzene rings is 1. The van der Waals surface area contributed by atoms with E-state index in [1.807, 2.05) is 6.07 Å². The number of rotatable bonds is 2. The first-order chi connectivity index (χ1) is 7.93. The largest absolute Gasteiger partial charge is 0.367 e. The Kier molecular flexibility index (Phi) is 2.59. The van der Waals surface area contributed by atoms with E-state index in [2.05, 4.69) is 5.32 Å². The zero-order valence-corrected chi connectivity index (χ0v) is 9.65. The number of ketones is 1. The summed E-state index contributed by atoms with van der Waals surface area (Å²) in [6.07, 6.45) is 0. The zero-order valence-electron chi connectivity index (χ0n) is 9.65. The molecule has 1 heterocycles. The molecule has 1 atom stereocenters. The molecule has 0 aromatic heterocycles. The summed E-state index contributed by atoms with van der Waals surface area (Å²) in [4.78, 5) is 23.4. The van der Waals surface area contributed by atoms with Gasteiger partial charge in [0.2, 0.25) is 0 Å². The van der Waals surface area contributed by atoms with Gasteiger partial charge in [-0.25, -0.2) is 0 Å². The molecule has 0 aliphatic carbocycles. The van der Waals surface area contributed by atoms with Crippen LogP contribution in [-0.4, -0.2) is 22.5 Å². The van der Waals surface area contributed by atoms with Gasteiger partial charge in [-0.05, 0) is 19.4 Å². The lowest BCUT2D eigenvalue weighted by atomic mass is 9.95. The molecule has 2 N–H and O–H groups in total. The summed E-state index contributed by atoms with van der Waals surface area (Å²) in [5.74, 6) is -0.737. The van der Waals surface area contributed by atoms with Gasteiger partial charge in [-0.3, -0.25) is 9.59 Å². The first-order valence-electron chi connectivity index (χ1n) is 5.29. The Bertz CT molecular complexity index is 515. The lowest BCUT2D eigenvalue weighted by molar-refractivity contribution is -0.119. The average Bonchev–Trinajstić information content (AvgIpc) is 2.49. The third-order valence-corrected chi connectivity index (χ3v) is 2.74. The van der Waals surface area contributed by atoms with Crippen molar-refractivity contribution in [3.63, 3.8) is 0 Å². The third kappa shape index (κ3) is 1.87. The highest BCUT2D eigenvalue weighted by molar-refractivity contribution is 6.29. The van der Waals surface area contributed by atoms with E-state index in [4.69, 9.17) is 0 Å². The molecule has 0 spiro atoms. The fourth-order valence-corrected chi connectivity index (χ4v) is 2.10. The van der Waals surface area contributed by atoms with Gasteiger partial charge in [-0.15, -0.1) is 0 Å². The van der Waals surface area contributed by atoms with E-state index >= 15 is 0 Å². The number of amides is 1. The van der Waals surface area contributed by atoms with Crippen molar-refractivity contribution in [1.82, 2.24) is 5.32 Å². The van der Waals surface area contributed by atoms with Crippen LogP contribution >= 0.6 is 0 Å². The summed E-state index contributed by atoms with van der Waals surface area (Å²) in [7, 11) is 0. The predicted molar refractivity (Wildman–Crippen MR) is 62.8 cm³/mol. The zero-order chi connectivity index (χ0) is 12.6. The molecule has 1 aromatic rings. The monoisotopic (exact) mass is 231 g/mol. The number of carbonyl (C=O) groups is 2. The first-order valence-corrected chi connectivity index (χ1v) is 5.29. The van der Waals surface area contributed by atoms with Crippen LogP contribution in [0.5, 0.6) is 0 Å². The van der Waals surface area contributed by atoms with E-state index < -0.39 is 11.6 Å². The molecule has 1 aliphatic rings. The van der Waals surface area contributed by atoms with Crippen molar-refractivity contribution in [3.05, 3.63) is 41.5 Å². The van der Waals surface area contributed by atoms with Gasteiger partial charge < -0.3 is 10.4 Å². The third-order valence-electron chi connectivity index (χ3n) is 2.74. The highest BCUT2D eigenvalue weighted by Gasteiger charge is 2.42. The second kappa shape index (κ2) is 3.82. The number of hydrogen-bond donors (Lipinski definition) is 2. The number of aliphatic hydroxyl groups is 1. The summed E-state index contributed by atoms with van der Waals surface area (Å²) in [6.45, 7) is 2.74. The van der Waals surface area contributed by atoms with Crippen LogP contribution in [-0.2, 0) is 9.59 Å². The SMILES string of the molecule is CC(=O)C1=C(c2ccccc2)C(=O)NC1(C)O. The van der Waals surface area contributed by atoms with Crippen molar-refractivity contribution < 1.29 is 14.7 Å². The van der Waals surface area contributed by atoms with Gasteiger partial charge in [0.05, 0.1) is 11.1 Å². The highest BCUT2D eigenvalue weighted by Crippen LogP contribution is 2.32. The summed E-state index contributed by atoms with van der Waals surface area (Å²) in [5, 5.41) is 12.4. The summed E-state index contributed by atoms with van der Waals surface area (Å²) in [6, 6.07) is 8.85. The van der Waals surface area contributed by atoms with Gasteiger partial charge in [0.15, 0.2) is 11.5 Å². The summed E-state index contributed by atoms with van der Waals surface area (Å²) >= 11 is 0. The summed E-state index contributed by atoms with van der Waals surface area (Å²) in [5.41, 5.74) is -0.585. The normalized spacial score (nSPS) is 23.8. The standard InChI is InChI=1S/C13H13NO3/c1-8(15)11-10(9-6-4-3-5-7-9)12(16)14-13(11,2)17/h3-7,17H,1-2H3,(H,14,16).